The van der Waals surface area contributed by atoms with Crippen molar-refractivity contribution >= 4 is 39.1 Å². The quantitative estimate of drug-likeness (QED) is 0.688. The molecule has 0 saturated heterocycles. The Labute approximate surface area is 106 Å². The molecule has 0 fully saturated rings. The van der Waals surface area contributed by atoms with Crippen LogP contribution in [0.3, 0.4) is 0 Å². The van der Waals surface area contributed by atoms with E-state index in [-0.39, 0.29) is 0 Å². The molecule has 4 heteroatoms. The zero-order valence-corrected chi connectivity index (χ0v) is 10.6. The van der Waals surface area contributed by atoms with Gasteiger partial charge in [-0.3, -0.25) is 0 Å². The summed E-state index contributed by atoms with van der Waals surface area (Å²) in [6.07, 6.45) is 0. The molecular formula is C11H6BrCl2N. The van der Waals surface area contributed by atoms with E-state index in [4.69, 9.17) is 23.2 Å². The van der Waals surface area contributed by atoms with E-state index in [9.17, 15) is 0 Å². The van der Waals surface area contributed by atoms with Gasteiger partial charge in [0.25, 0.3) is 0 Å². The third-order valence-electron chi connectivity index (χ3n) is 1.92. The van der Waals surface area contributed by atoms with E-state index >= 15 is 0 Å². The van der Waals surface area contributed by atoms with Crippen molar-refractivity contribution in [3.05, 3.63) is 51.0 Å². The average Bonchev–Trinajstić information content (AvgIpc) is 2.22. The van der Waals surface area contributed by atoms with Crippen LogP contribution in [-0.4, -0.2) is 4.98 Å². The van der Waals surface area contributed by atoms with Crippen LogP contribution in [-0.2, 0) is 0 Å². The molecule has 0 N–H and O–H groups in total. The van der Waals surface area contributed by atoms with Crippen molar-refractivity contribution in [3.8, 4) is 11.3 Å². The SMILES string of the molecule is Clc1ccc(Cl)c(-c2cccc(Br)n2)c1. The highest BCUT2D eigenvalue weighted by Gasteiger charge is 2.05. The van der Waals surface area contributed by atoms with Gasteiger partial charge in [-0.15, -0.1) is 0 Å². The molecule has 1 aromatic heterocycles. The summed E-state index contributed by atoms with van der Waals surface area (Å²) in [4.78, 5) is 4.32. The minimum absolute atomic E-state index is 0.644. The molecule has 2 rings (SSSR count). The van der Waals surface area contributed by atoms with Gasteiger partial charge < -0.3 is 0 Å². The summed E-state index contributed by atoms with van der Waals surface area (Å²) in [5, 5.41) is 1.29. The van der Waals surface area contributed by atoms with Crippen LogP contribution in [0.5, 0.6) is 0 Å². The first-order valence-corrected chi connectivity index (χ1v) is 5.80. The van der Waals surface area contributed by atoms with Gasteiger partial charge in [0.15, 0.2) is 0 Å². The monoisotopic (exact) mass is 301 g/mol. The van der Waals surface area contributed by atoms with E-state index in [2.05, 4.69) is 20.9 Å². The number of hydrogen-bond donors (Lipinski definition) is 0. The molecule has 0 aliphatic heterocycles. The summed E-state index contributed by atoms with van der Waals surface area (Å²) < 4.78 is 0.774. The lowest BCUT2D eigenvalue weighted by atomic mass is 10.1. The third-order valence-corrected chi connectivity index (χ3v) is 2.93. The molecule has 0 aliphatic carbocycles. The number of benzene rings is 1. The lowest BCUT2D eigenvalue weighted by molar-refractivity contribution is 1.28. The van der Waals surface area contributed by atoms with E-state index in [1.165, 1.54) is 0 Å². The molecular weight excluding hydrogens is 297 g/mol. The number of aromatic nitrogens is 1. The van der Waals surface area contributed by atoms with Crippen molar-refractivity contribution in [2.75, 3.05) is 0 Å². The molecule has 0 amide bonds. The maximum Gasteiger partial charge on any atom is 0.106 e. The first kappa shape index (κ1) is 10.9. The maximum absolute atomic E-state index is 6.07. The molecule has 2 aromatic rings. The summed E-state index contributed by atoms with van der Waals surface area (Å²) in [6, 6.07) is 11.0. The van der Waals surface area contributed by atoms with E-state index in [1.54, 1.807) is 18.2 Å². The molecule has 0 bridgehead atoms. The minimum Gasteiger partial charge on any atom is -0.241 e. The highest BCUT2D eigenvalue weighted by atomic mass is 79.9. The van der Waals surface area contributed by atoms with Gasteiger partial charge in [-0.1, -0.05) is 29.3 Å². The van der Waals surface area contributed by atoms with Crippen LogP contribution in [0.15, 0.2) is 41.0 Å². The van der Waals surface area contributed by atoms with E-state index in [0.717, 1.165) is 15.9 Å². The fraction of sp³-hybridized carbons (Fsp3) is 0. The Morgan fingerprint density at radius 1 is 1.07 bits per heavy atom. The van der Waals surface area contributed by atoms with Crippen LogP contribution >= 0.6 is 39.1 Å². The first-order valence-electron chi connectivity index (χ1n) is 4.25. The van der Waals surface area contributed by atoms with E-state index < -0.39 is 0 Å². The van der Waals surface area contributed by atoms with Crippen LogP contribution in [0.1, 0.15) is 0 Å². The Bertz CT molecular complexity index is 500. The van der Waals surface area contributed by atoms with Gasteiger partial charge in [0.1, 0.15) is 4.60 Å². The maximum atomic E-state index is 6.07. The number of halogens is 3. The van der Waals surface area contributed by atoms with Crippen molar-refractivity contribution in [1.82, 2.24) is 4.98 Å². The summed E-state index contributed by atoms with van der Waals surface area (Å²) >= 11 is 15.3. The number of rotatable bonds is 1. The van der Waals surface area contributed by atoms with Crippen molar-refractivity contribution in [2.24, 2.45) is 0 Å². The Balaban J connectivity index is 2.58. The molecule has 0 atom stereocenters. The Morgan fingerprint density at radius 3 is 2.60 bits per heavy atom. The molecule has 15 heavy (non-hydrogen) atoms. The highest BCUT2D eigenvalue weighted by Crippen LogP contribution is 2.29. The number of pyridine rings is 1. The first-order chi connectivity index (χ1) is 7.16. The van der Waals surface area contributed by atoms with Crippen LogP contribution in [0.2, 0.25) is 10.0 Å². The Kier molecular flexibility index (Phi) is 3.29. The van der Waals surface area contributed by atoms with Crippen LogP contribution in [0, 0.1) is 0 Å². The number of hydrogen-bond acceptors (Lipinski definition) is 1. The topological polar surface area (TPSA) is 12.9 Å². The largest absolute Gasteiger partial charge is 0.241 e. The molecule has 0 spiro atoms. The molecule has 0 radical (unpaired) electrons. The van der Waals surface area contributed by atoms with Gasteiger partial charge in [0.05, 0.1) is 10.7 Å². The lowest BCUT2D eigenvalue weighted by Crippen LogP contribution is -1.84. The van der Waals surface area contributed by atoms with Crippen molar-refractivity contribution in [1.29, 1.82) is 0 Å². The fourth-order valence-electron chi connectivity index (χ4n) is 1.25. The predicted octanol–water partition coefficient (Wildman–Crippen LogP) is 4.82. The zero-order chi connectivity index (χ0) is 10.8. The second-order valence-corrected chi connectivity index (χ2v) is 4.63. The number of nitrogens with zero attached hydrogens (tertiary/aromatic N) is 1. The van der Waals surface area contributed by atoms with Gasteiger partial charge in [-0.2, -0.15) is 0 Å². The average molecular weight is 303 g/mol. The van der Waals surface area contributed by atoms with Crippen molar-refractivity contribution in [2.45, 2.75) is 0 Å². The Morgan fingerprint density at radius 2 is 1.87 bits per heavy atom. The van der Waals surface area contributed by atoms with Crippen LogP contribution in [0.25, 0.3) is 11.3 Å². The minimum atomic E-state index is 0.644. The van der Waals surface area contributed by atoms with Crippen molar-refractivity contribution < 1.29 is 0 Å². The predicted molar refractivity (Wildman–Crippen MR) is 67.4 cm³/mol. The molecule has 0 saturated carbocycles. The second-order valence-electron chi connectivity index (χ2n) is 2.97. The second kappa shape index (κ2) is 4.52. The molecule has 1 aromatic carbocycles. The normalized spacial score (nSPS) is 10.3. The zero-order valence-electron chi connectivity index (χ0n) is 7.55. The lowest BCUT2D eigenvalue weighted by Gasteiger charge is -2.04. The fourth-order valence-corrected chi connectivity index (χ4v) is 1.98. The molecule has 1 nitrogen and oxygen atoms in total. The van der Waals surface area contributed by atoms with Crippen molar-refractivity contribution in [3.63, 3.8) is 0 Å². The molecule has 0 unspecified atom stereocenters. The Hall–Kier alpha value is -0.570. The third kappa shape index (κ3) is 2.51. The highest BCUT2D eigenvalue weighted by molar-refractivity contribution is 9.10. The summed E-state index contributed by atoms with van der Waals surface area (Å²) in [5.41, 5.74) is 1.64. The van der Waals surface area contributed by atoms with E-state index in [1.807, 2.05) is 18.2 Å². The van der Waals surface area contributed by atoms with Gasteiger partial charge in [-0.25, -0.2) is 4.98 Å². The summed E-state index contributed by atoms with van der Waals surface area (Å²) in [6.45, 7) is 0. The molecule has 76 valence electrons. The van der Waals surface area contributed by atoms with Gasteiger partial charge >= 0.3 is 0 Å². The smallest absolute Gasteiger partial charge is 0.106 e. The summed E-state index contributed by atoms with van der Waals surface area (Å²) in [5.74, 6) is 0. The molecule has 1 heterocycles. The molecule has 0 aliphatic rings. The van der Waals surface area contributed by atoms with Gasteiger partial charge in [-0.05, 0) is 46.3 Å². The van der Waals surface area contributed by atoms with Gasteiger partial charge in [0, 0.05) is 10.6 Å². The van der Waals surface area contributed by atoms with Gasteiger partial charge in [0.2, 0.25) is 0 Å². The van der Waals surface area contributed by atoms with E-state index in [0.29, 0.717) is 10.0 Å². The van der Waals surface area contributed by atoms with Crippen LogP contribution in [0.4, 0.5) is 0 Å². The van der Waals surface area contributed by atoms with Crippen LogP contribution < -0.4 is 0 Å². The summed E-state index contributed by atoms with van der Waals surface area (Å²) in [7, 11) is 0. The standard InChI is InChI=1S/C11H6BrCl2N/c12-11-3-1-2-10(15-11)8-6-7(13)4-5-9(8)14/h1-6H.